The van der Waals surface area contributed by atoms with Gasteiger partial charge in [0.15, 0.2) is 23.6 Å². The first kappa shape index (κ1) is 27.8. The number of amides is 1. The van der Waals surface area contributed by atoms with Crippen LogP contribution in [0.2, 0.25) is 5.02 Å². The van der Waals surface area contributed by atoms with Gasteiger partial charge in [0.2, 0.25) is 5.82 Å². The van der Waals surface area contributed by atoms with Gasteiger partial charge >= 0.3 is 18.0 Å². The third-order valence-corrected chi connectivity index (χ3v) is 5.47. The van der Waals surface area contributed by atoms with Gasteiger partial charge in [-0.2, -0.15) is 31.0 Å². The number of hydrogen-bond acceptors (Lipinski definition) is 7. The fourth-order valence-corrected chi connectivity index (χ4v) is 3.57. The maximum Gasteiger partial charge on any atom is 0.420 e. The molecule has 0 bridgehead atoms. The van der Waals surface area contributed by atoms with Crippen molar-refractivity contribution in [1.82, 2.24) is 34.1 Å². The Labute approximate surface area is 218 Å². The van der Waals surface area contributed by atoms with Gasteiger partial charge in [0, 0.05) is 16.8 Å². The minimum absolute atomic E-state index is 0.157. The molecule has 3 heterocycles. The number of nitrogens with two attached hydrogens (primary N) is 1. The molecule has 0 spiro atoms. The zero-order chi connectivity index (χ0) is 28.7. The van der Waals surface area contributed by atoms with Crippen LogP contribution in [0.5, 0.6) is 0 Å². The first-order valence-electron chi connectivity index (χ1n) is 10.6. The minimum Gasteiger partial charge on any atom is -0.382 e. The number of alkyl halides is 6. The monoisotopic (exact) mass is 576 g/mol. The van der Waals surface area contributed by atoms with Gasteiger partial charge in [0.05, 0.1) is 6.54 Å². The maximum atomic E-state index is 13.5. The Morgan fingerprint density at radius 1 is 1.08 bits per heavy atom. The first-order valence-corrected chi connectivity index (χ1v) is 11.0. The summed E-state index contributed by atoms with van der Waals surface area (Å²) in [5.41, 5.74) is 3.00. The number of halogens is 7. The van der Waals surface area contributed by atoms with Gasteiger partial charge in [-0.1, -0.05) is 11.6 Å². The number of hydrogen-bond donors (Lipinski definition) is 2. The van der Waals surface area contributed by atoms with Crippen molar-refractivity contribution in [1.29, 1.82) is 0 Å². The molecule has 0 aliphatic rings. The number of nitrogens with zero attached hydrogens (tertiary/aromatic N) is 7. The lowest BCUT2D eigenvalue weighted by Gasteiger charge is -2.15. The summed E-state index contributed by atoms with van der Waals surface area (Å²) in [7, 11) is 0. The second-order valence-corrected chi connectivity index (χ2v) is 8.38. The van der Waals surface area contributed by atoms with Crippen LogP contribution in [-0.4, -0.2) is 57.4 Å². The molecule has 11 nitrogen and oxygen atoms in total. The maximum absolute atomic E-state index is 13.5. The smallest absolute Gasteiger partial charge is 0.382 e. The van der Waals surface area contributed by atoms with Gasteiger partial charge in [-0.3, -0.25) is 9.36 Å². The SMILES string of the molecule is NC(=O)c1nc(Cn2nc(-c3ccc(Cl)cc3)n(C[C@H](O)C(F)(F)F)c2=O)nn1-c1ncccc1C(F)(F)F. The van der Waals surface area contributed by atoms with Gasteiger partial charge in [-0.25, -0.2) is 19.4 Å². The molecule has 0 saturated heterocycles. The molecular formula is C21H15ClF6N8O3. The van der Waals surface area contributed by atoms with Crippen molar-refractivity contribution >= 4 is 17.5 Å². The van der Waals surface area contributed by atoms with E-state index in [1.807, 2.05) is 0 Å². The van der Waals surface area contributed by atoms with Crippen molar-refractivity contribution in [2.45, 2.75) is 31.5 Å². The molecule has 3 N–H and O–H groups in total. The van der Waals surface area contributed by atoms with Crippen molar-refractivity contribution in [2.24, 2.45) is 5.73 Å². The molecule has 0 radical (unpaired) electrons. The second-order valence-electron chi connectivity index (χ2n) is 7.94. The standard InChI is InChI=1S/C21H15ClF6N8O3/c22-11-5-3-10(4-6-11)16-33-35(19(39)34(16)8-13(37)21(26,27)28)9-14-31-18(15(29)38)36(32-14)17-12(20(23,24)25)2-1-7-30-17/h1-7,13,37H,8-9H2,(H2,29,38)/t13-/m0/s1. The topological polar surface area (TPSA) is 147 Å². The van der Waals surface area contributed by atoms with Crippen LogP contribution in [0.15, 0.2) is 47.4 Å². The number of primary amides is 1. The molecule has 0 unspecified atom stereocenters. The lowest BCUT2D eigenvalue weighted by molar-refractivity contribution is -0.207. The van der Waals surface area contributed by atoms with Crippen molar-refractivity contribution in [3.05, 3.63) is 75.3 Å². The molecule has 1 atom stereocenters. The molecule has 206 valence electrons. The van der Waals surface area contributed by atoms with E-state index in [1.165, 1.54) is 24.3 Å². The molecule has 18 heteroatoms. The molecule has 39 heavy (non-hydrogen) atoms. The van der Waals surface area contributed by atoms with Crippen LogP contribution < -0.4 is 11.4 Å². The fourth-order valence-electron chi connectivity index (χ4n) is 3.45. The molecule has 0 aliphatic carbocycles. The third kappa shape index (κ3) is 5.78. The Morgan fingerprint density at radius 3 is 2.33 bits per heavy atom. The molecule has 0 saturated carbocycles. The van der Waals surface area contributed by atoms with E-state index < -0.39 is 66.2 Å². The number of aromatic nitrogens is 7. The minimum atomic E-state index is -5.06. The quantitative estimate of drug-likeness (QED) is 0.321. The fraction of sp³-hybridized carbons (Fsp3) is 0.238. The molecule has 3 aromatic heterocycles. The molecule has 4 aromatic rings. The molecule has 1 amide bonds. The largest absolute Gasteiger partial charge is 0.420 e. The number of carbonyl (C=O) groups is 1. The Balaban J connectivity index is 1.81. The highest BCUT2D eigenvalue weighted by Crippen LogP contribution is 2.32. The van der Waals surface area contributed by atoms with Gasteiger partial charge in [-0.05, 0) is 36.4 Å². The second kappa shape index (κ2) is 10.1. The van der Waals surface area contributed by atoms with Crippen LogP contribution in [-0.2, 0) is 19.3 Å². The lowest BCUT2D eigenvalue weighted by atomic mass is 10.2. The number of pyridine rings is 1. The van der Waals surface area contributed by atoms with E-state index >= 15 is 0 Å². The predicted molar refractivity (Wildman–Crippen MR) is 121 cm³/mol. The van der Waals surface area contributed by atoms with E-state index in [2.05, 4.69) is 20.2 Å². The summed E-state index contributed by atoms with van der Waals surface area (Å²) < 4.78 is 81.3. The van der Waals surface area contributed by atoms with Crippen LogP contribution >= 0.6 is 11.6 Å². The highest BCUT2D eigenvalue weighted by atomic mass is 35.5. The summed E-state index contributed by atoms with van der Waals surface area (Å²) in [6, 6.07) is 7.20. The molecule has 1 aromatic carbocycles. The number of rotatable bonds is 7. The summed E-state index contributed by atoms with van der Waals surface area (Å²) in [6.07, 6.45) is -11.9. The van der Waals surface area contributed by atoms with Gasteiger partial charge < -0.3 is 10.8 Å². The zero-order valence-corrected chi connectivity index (χ0v) is 19.9. The van der Waals surface area contributed by atoms with E-state index in [0.717, 1.165) is 12.3 Å². The Bertz CT molecular complexity index is 1580. The van der Waals surface area contributed by atoms with E-state index in [1.54, 1.807) is 0 Å². The van der Waals surface area contributed by atoms with Crippen molar-refractivity contribution in [3.8, 4) is 17.2 Å². The average Bonchev–Trinajstić information content (AvgIpc) is 3.41. The lowest BCUT2D eigenvalue weighted by Crippen LogP contribution is -2.37. The summed E-state index contributed by atoms with van der Waals surface area (Å²) in [6.45, 7) is -1.92. The van der Waals surface area contributed by atoms with Crippen molar-refractivity contribution < 1.29 is 36.2 Å². The molecular weight excluding hydrogens is 562 g/mol. The van der Waals surface area contributed by atoms with Crippen LogP contribution in [0, 0.1) is 0 Å². The first-order chi connectivity index (χ1) is 18.2. The number of aliphatic hydroxyl groups excluding tert-OH is 1. The summed E-state index contributed by atoms with van der Waals surface area (Å²) in [5.74, 6) is -3.59. The van der Waals surface area contributed by atoms with Crippen molar-refractivity contribution in [3.63, 3.8) is 0 Å². The predicted octanol–water partition coefficient (Wildman–Crippen LogP) is 2.43. The number of aliphatic hydroxyl groups is 1. The summed E-state index contributed by atoms with van der Waals surface area (Å²) in [5, 5.41) is 17.7. The van der Waals surface area contributed by atoms with E-state index in [4.69, 9.17) is 17.3 Å². The van der Waals surface area contributed by atoms with Crippen LogP contribution in [0.1, 0.15) is 22.0 Å². The zero-order valence-electron chi connectivity index (χ0n) is 19.2. The molecule has 4 rings (SSSR count). The Hall–Kier alpha value is -4.25. The Morgan fingerprint density at radius 2 is 1.74 bits per heavy atom. The number of benzene rings is 1. The van der Waals surface area contributed by atoms with Gasteiger partial charge in [-0.15, -0.1) is 10.2 Å². The Kier molecular flexibility index (Phi) is 7.22. The van der Waals surface area contributed by atoms with Gasteiger partial charge in [0.1, 0.15) is 12.1 Å². The average molecular weight is 577 g/mol. The summed E-state index contributed by atoms with van der Waals surface area (Å²) in [4.78, 5) is 32.4. The highest BCUT2D eigenvalue weighted by molar-refractivity contribution is 6.30. The van der Waals surface area contributed by atoms with E-state index in [-0.39, 0.29) is 16.4 Å². The van der Waals surface area contributed by atoms with Crippen molar-refractivity contribution in [2.75, 3.05) is 0 Å². The summed E-state index contributed by atoms with van der Waals surface area (Å²) >= 11 is 5.84. The van der Waals surface area contributed by atoms with E-state index in [0.29, 0.717) is 20.0 Å². The molecule has 0 aliphatic heterocycles. The van der Waals surface area contributed by atoms with E-state index in [9.17, 15) is 41.0 Å². The molecule has 0 fully saturated rings. The van der Waals surface area contributed by atoms with Crippen LogP contribution in [0.4, 0.5) is 26.3 Å². The van der Waals surface area contributed by atoms with Crippen LogP contribution in [0.25, 0.3) is 17.2 Å². The van der Waals surface area contributed by atoms with Gasteiger partial charge in [0.25, 0.3) is 5.91 Å². The number of carbonyl (C=O) groups excluding carboxylic acids is 1. The highest BCUT2D eigenvalue weighted by Gasteiger charge is 2.40. The third-order valence-electron chi connectivity index (χ3n) is 5.21. The van der Waals surface area contributed by atoms with Crippen LogP contribution in [0.3, 0.4) is 0 Å². The normalized spacial score (nSPS) is 13.0.